The van der Waals surface area contributed by atoms with Crippen LogP contribution >= 0.6 is 0 Å². The second-order valence-electron chi connectivity index (χ2n) is 8.28. The summed E-state index contributed by atoms with van der Waals surface area (Å²) in [6, 6.07) is 5.45. The summed E-state index contributed by atoms with van der Waals surface area (Å²) in [6.07, 6.45) is 6.20. The van der Waals surface area contributed by atoms with Crippen molar-refractivity contribution in [2.75, 3.05) is 13.7 Å². The average Bonchev–Trinajstić information content (AvgIpc) is 2.60. The van der Waals surface area contributed by atoms with Gasteiger partial charge in [-0.25, -0.2) is 4.79 Å². The number of methoxy groups -OCH3 is 1. The lowest BCUT2D eigenvalue weighted by Crippen LogP contribution is -2.23. The van der Waals surface area contributed by atoms with E-state index in [0.29, 0.717) is 29.1 Å². The van der Waals surface area contributed by atoms with Crippen molar-refractivity contribution in [2.45, 2.75) is 60.0 Å². The van der Waals surface area contributed by atoms with E-state index in [4.69, 9.17) is 18.6 Å². The second-order valence-corrected chi connectivity index (χ2v) is 8.28. The second kappa shape index (κ2) is 9.68. The number of benzene rings is 1. The highest BCUT2D eigenvalue weighted by Crippen LogP contribution is 2.37. The molecular formula is C24H32O5. The smallest absolute Gasteiger partial charge is 0.383 e. The maximum Gasteiger partial charge on any atom is 0.383 e. The Labute approximate surface area is 173 Å². The molecule has 0 N–H and O–H groups in total. The summed E-state index contributed by atoms with van der Waals surface area (Å²) in [5.41, 5.74) is 1.87. The number of rotatable bonds is 8. The third-order valence-corrected chi connectivity index (χ3v) is 4.18. The number of fused-ring (bicyclic) bond motifs is 1. The van der Waals surface area contributed by atoms with Gasteiger partial charge < -0.3 is 18.6 Å². The highest BCUT2D eigenvalue weighted by Gasteiger charge is 2.21. The van der Waals surface area contributed by atoms with Crippen LogP contribution in [-0.4, -0.2) is 19.3 Å². The van der Waals surface area contributed by atoms with Crippen molar-refractivity contribution >= 4 is 11.0 Å². The first-order chi connectivity index (χ1) is 13.6. The topological polar surface area (TPSA) is 57.9 Å². The SMILES string of the molecule is COc1c(OCC=C(C)CCC=C(C)C)c2cccc(OC(C)(C)C)c2oc1=O. The summed E-state index contributed by atoms with van der Waals surface area (Å²) in [4.78, 5) is 12.5. The Bertz CT molecular complexity index is 954. The molecule has 29 heavy (non-hydrogen) atoms. The Kier molecular flexibility index (Phi) is 7.54. The zero-order valence-corrected chi connectivity index (χ0v) is 18.5. The minimum Gasteiger partial charge on any atom is -0.487 e. The van der Waals surface area contributed by atoms with E-state index in [0.717, 1.165) is 12.8 Å². The summed E-state index contributed by atoms with van der Waals surface area (Å²) in [7, 11) is 1.43. The lowest BCUT2D eigenvalue weighted by molar-refractivity contribution is 0.131. The van der Waals surface area contributed by atoms with E-state index < -0.39 is 11.2 Å². The van der Waals surface area contributed by atoms with E-state index in [2.05, 4.69) is 26.8 Å². The van der Waals surface area contributed by atoms with E-state index in [-0.39, 0.29) is 5.75 Å². The minimum atomic E-state index is -0.593. The van der Waals surface area contributed by atoms with Gasteiger partial charge in [0, 0.05) is 0 Å². The van der Waals surface area contributed by atoms with Gasteiger partial charge in [-0.1, -0.05) is 23.3 Å². The number of hydrogen-bond donors (Lipinski definition) is 0. The molecule has 0 aliphatic carbocycles. The van der Waals surface area contributed by atoms with Crippen LogP contribution in [0.25, 0.3) is 11.0 Å². The minimum absolute atomic E-state index is 0.0565. The van der Waals surface area contributed by atoms with E-state index in [9.17, 15) is 4.79 Å². The van der Waals surface area contributed by atoms with Gasteiger partial charge >= 0.3 is 5.63 Å². The molecule has 0 atom stereocenters. The van der Waals surface area contributed by atoms with Crippen LogP contribution in [0.3, 0.4) is 0 Å². The third-order valence-electron chi connectivity index (χ3n) is 4.18. The molecule has 5 heteroatoms. The van der Waals surface area contributed by atoms with Gasteiger partial charge in [-0.3, -0.25) is 0 Å². The van der Waals surface area contributed by atoms with Crippen LogP contribution in [0.15, 0.2) is 50.7 Å². The van der Waals surface area contributed by atoms with Gasteiger partial charge in [-0.15, -0.1) is 0 Å². The molecule has 0 radical (unpaired) electrons. The first kappa shape index (κ1) is 22.6. The first-order valence-corrected chi connectivity index (χ1v) is 9.87. The van der Waals surface area contributed by atoms with Crippen LogP contribution in [0.4, 0.5) is 0 Å². The van der Waals surface area contributed by atoms with Crippen LogP contribution in [0.2, 0.25) is 0 Å². The van der Waals surface area contributed by atoms with Crippen LogP contribution < -0.4 is 19.8 Å². The third kappa shape index (κ3) is 6.41. The molecule has 158 valence electrons. The maximum absolute atomic E-state index is 12.5. The lowest BCUT2D eigenvalue weighted by Gasteiger charge is -2.22. The molecule has 2 aromatic rings. The van der Waals surface area contributed by atoms with Crippen LogP contribution in [0.5, 0.6) is 17.2 Å². The predicted molar refractivity (Wildman–Crippen MR) is 117 cm³/mol. The van der Waals surface area contributed by atoms with Crippen LogP contribution in [0, 0.1) is 0 Å². The molecule has 0 unspecified atom stereocenters. The molecule has 1 aromatic heterocycles. The predicted octanol–water partition coefficient (Wildman–Crippen LogP) is 6.05. The summed E-state index contributed by atoms with van der Waals surface area (Å²) >= 11 is 0. The number of hydrogen-bond acceptors (Lipinski definition) is 5. The van der Waals surface area contributed by atoms with Crippen molar-refractivity contribution in [3.8, 4) is 17.2 Å². The Morgan fingerprint density at radius 1 is 1.10 bits per heavy atom. The van der Waals surface area contributed by atoms with E-state index in [1.807, 2.05) is 39.0 Å². The van der Waals surface area contributed by atoms with Gasteiger partial charge in [0.25, 0.3) is 0 Å². The monoisotopic (exact) mass is 400 g/mol. The van der Waals surface area contributed by atoms with Gasteiger partial charge in [-0.2, -0.15) is 0 Å². The summed E-state index contributed by atoms with van der Waals surface area (Å²) in [5, 5.41) is 0.638. The number of ether oxygens (including phenoxy) is 3. The van der Waals surface area contributed by atoms with E-state index >= 15 is 0 Å². The summed E-state index contributed by atoms with van der Waals surface area (Å²) in [5.74, 6) is 0.917. The van der Waals surface area contributed by atoms with Crippen molar-refractivity contribution in [1.82, 2.24) is 0 Å². The van der Waals surface area contributed by atoms with Gasteiger partial charge in [0.05, 0.1) is 12.5 Å². The van der Waals surface area contributed by atoms with Crippen molar-refractivity contribution < 1.29 is 18.6 Å². The number of allylic oxidation sites excluding steroid dienone is 3. The van der Waals surface area contributed by atoms with E-state index in [1.54, 1.807) is 6.07 Å². The summed E-state index contributed by atoms with van der Waals surface area (Å²) in [6.45, 7) is 12.4. The molecule has 0 spiro atoms. The molecule has 0 fully saturated rings. The fourth-order valence-electron chi connectivity index (χ4n) is 2.84. The Morgan fingerprint density at radius 2 is 1.83 bits per heavy atom. The molecule has 0 saturated carbocycles. The molecule has 0 aliphatic heterocycles. The largest absolute Gasteiger partial charge is 0.487 e. The van der Waals surface area contributed by atoms with E-state index in [1.165, 1.54) is 18.3 Å². The molecule has 0 bridgehead atoms. The molecule has 0 amide bonds. The van der Waals surface area contributed by atoms with Crippen molar-refractivity contribution in [3.63, 3.8) is 0 Å². The van der Waals surface area contributed by atoms with Crippen molar-refractivity contribution in [1.29, 1.82) is 0 Å². The zero-order chi connectivity index (χ0) is 21.6. The highest BCUT2D eigenvalue weighted by atomic mass is 16.5. The molecule has 0 aliphatic rings. The molecule has 2 rings (SSSR count). The zero-order valence-electron chi connectivity index (χ0n) is 18.5. The van der Waals surface area contributed by atoms with Gasteiger partial charge in [0.1, 0.15) is 12.2 Å². The van der Waals surface area contributed by atoms with Gasteiger partial charge in [-0.05, 0) is 72.6 Å². The van der Waals surface area contributed by atoms with Crippen molar-refractivity contribution in [3.05, 3.63) is 51.9 Å². The Morgan fingerprint density at radius 3 is 2.45 bits per heavy atom. The number of para-hydroxylation sites is 1. The molecule has 1 aromatic carbocycles. The molecular weight excluding hydrogens is 368 g/mol. The highest BCUT2D eigenvalue weighted by molar-refractivity contribution is 5.89. The first-order valence-electron chi connectivity index (χ1n) is 9.87. The fraction of sp³-hybridized carbons (Fsp3) is 0.458. The van der Waals surface area contributed by atoms with Gasteiger partial charge in [0.15, 0.2) is 17.1 Å². The normalized spacial score (nSPS) is 12.0. The molecule has 5 nitrogen and oxygen atoms in total. The Balaban J connectivity index is 2.35. The van der Waals surface area contributed by atoms with Crippen LogP contribution in [-0.2, 0) is 0 Å². The van der Waals surface area contributed by atoms with Crippen LogP contribution in [0.1, 0.15) is 54.4 Å². The molecule has 0 saturated heterocycles. The molecule has 1 heterocycles. The Hall–Kier alpha value is -2.69. The lowest BCUT2D eigenvalue weighted by atomic mass is 10.1. The standard InChI is InChI=1S/C24H32O5/c1-16(2)10-8-11-17(3)14-15-27-21-18-12-9-13-19(29-24(4,5)6)20(18)28-23(25)22(21)26-7/h9-10,12-14H,8,11,15H2,1-7H3. The fourth-order valence-corrected chi connectivity index (χ4v) is 2.84. The average molecular weight is 401 g/mol. The maximum atomic E-state index is 12.5. The summed E-state index contributed by atoms with van der Waals surface area (Å²) < 4.78 is 22.7. The van der Waals surface area contributed by atoms with Gasteiger partial charge in [0.2, 0.25) is 5.75 Å². The quantitative estimate of drug-likeness (QED) is 0.399. The van der Waals surface area contributed by atoms with Crippen molar-refractivity contribution in [2.24, 2.45) is 0 Å².